The van der Waals surface area contributed by atoms with Crippen LogP contribution in [-0.2, 0) is 11.3 Å². The SMILES string of the molecule is c1cncc(CO[C@@H]2C[C@@H]3CNCCN3C2)c1. The lowest BCUT2D eigenvalue weighted by atomic mass is 10.2. The fourth-order valence-electron chi connectivity index (χ4n) is 2.73. The van der Waals surface area contributed by atoms with Crippen LogP contribution >= 0.6 is 0 Å². The van der Waals surface area contributed by atoms with Crippen molar-refractivity contribution in [3.8, 4) is 0 Å². The molecule has 0 saturated carbocycles. The lowest BCUT2D eigenvalue weighted by Gasteiger charge is -2.29. The third kappa shape index (κ3) is 2.65. The first kappa shape index (κ1) is 11.1. The molecule has 2 fully saturated rings. The van der Waals surface area contributed by atoms with Gasteiger partial charge in [-0.25, -0.2) is 0 Å². The number of rotatable bonds is 3. The molecule has 1 N–H and O–H groups in total. The van der Waals surface area contributed by atoms with Crippen LogP contribution in [0.1, 0.15) is 12.0 Å². The standard InChI is InChI=1S/C13H19N3O/c1-2-11(7-14-3-1)10-17-13-6-12-8-15-4-5-16(12)9-13/h1-3,7,12-13,15H,4-6,8-10H2/t12-,13-/m1/s1. The molecule has 4 heteroatoms. The van der Waals surface area contributed by atoms with Crippen LogP contribution in [-0.4, -0.2) is 48.2 Å². The van der Waals surface area contributed by atoms with Crippen molar-refractivity contribution >= 4 is 0 Å². The third-order valence-corrected chi connectivity index (χ3v) is 3.65. The molecule has 4 nitrogen and oxygen atoms in total. The van der Waals surface area contributed by atoms with Crippen molar-refractivity contribution in [1.29, 1.82) is 0 Å². The number of ether oxygens (including phenoxy) is 1. The van der Waals surface area contributed by atoms with Crippen LogP contribution in [0.15, 0.2) is 24.5 Å². The molecule has 1 aromatic rings. The van der Waals surface area contributed by atoms with Crippen molar-refractivity contribution in [3.63, 3.8) is 0 Å². The molecule has 2 saturated heterocycles. The van der Waals surface area contributed by atoms with E-state index < -0.39 is 0 Å². The third-order valence-electron chi connectivity index (χ3n) is 3.65. The molecular weight excluding hydrogens is 214 g/mol. The van der Waals surface area contributed by atoms with Crippen LogP contribution in [0.25, 0.3) is 0 Å². The largest absolute Gasteiger partial charge is 0.372 e. The molecule has 0 aliphatic carbocycles. The second kappa shape index (κ2) is 5.12. The Hall–Kier alpha value is -0.970. The van der Waals surface area contributed by atoms with E-state index in [1.165, 1.54) is 0 Å². The van der Waals surface area contributed by atoms with Crippen LogP contribution < -0.4 is 5.32 Å². The molecule has 92 valence electrons. The molecule has 1 aromatic heterocycles. The highest BCUT2D eigenvalue weighted by Gasteiger charge is 2.33. The summed E-state index contributed by atoms with van der Waals surface area (Å²) in [5.74, 6) is 0. The van der Waals surface area contributed by atoms with Crippen molar-refractivity contribution in [3.05, 3.63) is 30.1 Å². The van der Waals surface area contributed by atoms with E-state index in [1.54, 1.807) is 6.20 Å². The van der Waals surface area contributed by atoms with Gasteiger partial charge in [0.15, 0.2) is 0 Å². The van der Waals surface area contributed by atoms with E-state index >= 15 is 0 Å². The highest BCUT2D eigenvalue weighted by atomic mass is 16.5. The first-order valence-electron chi connectivity index (χ1n) is 6.37. The number of nitrogens with one attached hydrogen (secondary N) is 1. The number of nitrogens with zero attached hydrogens (tertiary/aromatic N) is 2. The number of aromatic nitrogens is 1. The van der Waals surface area contributed by atoms with Crippen molar-refractivity contribution in [2.45, 2.75) is 25.2 Å². The minimum Gasteiger partial charge on any atom is -0.372 e. The zero-order valence-corrected chi connectivity index (χ0v) is 10.0. The highest BCUT2D eigenvalue weighted by molar-refractivity contribution is 5.07. The van der Waals surface area contributed by atoms with Gasteiger partial charge in [0.2, 0.25) is 0 Å². The molecule has 17 heavy (non-hydrogen) atoms. The lowest BCUT2D eigenvalue weighted by molar-refractivity contribution is 0.0467. The minimum atomic E-state index is 0.389. The Morgan fingerprint density at radius 1 is 1.53 bits per heavy atom. The number of hydrogen-bond acceptors (Lipinski definition) is 4. The molecule has 0 amide bonds. The first-order chi connectivity index (χ1) is 8.42. The van der Waals surface area contributed by atoms with Crippen molar-refractivity contribution in [1.82, 2.24) is 15.2 Å². The molecule has 0 unspecified atom stereocenters. The zero-order chi connectivity index (χ0) is 11.5. The maximum Gasteiger partial charge on any atom is 0.0736 e. The van der Waals surface area contributed by atoms with Gasteiger partial charge in [-0.2, -0.15) is 0 Å². The van der Waals surface area contributed by atoms with Gasteiger partial charge in [0, 0.05) is 44.6 Å². The quantitative estimate of drug-likeness (QED) is 0.831. The predicted octanol–water partition coefficient (Wildman–Crippen LogP) is 0.644. The second-order valence-corrected chi connectivity index (χ2v) is 4.88. The van der Waals surface area contributed by atoms with Crippen LogP contribution in [0.4, 0.5) is 0 Å². The number of pyridine rings is 1. The summed E-state index contributed by atoms with van der Waals surface area (Å²) in [6.45, 7) is 5.18. The summed E-state index contributed by atoms with van der Waals surface area (Å²) in [5.41, 5.74) is 1.16. The van der Waals surface area contributed by atoms with Gasteiger partial charge in [-0.15, -0.1) is 0 Å². The van der Waals surface area contributed by atoms with Gasteiger partial charge in [0.05, 0.1) is 12.7 Å². The van der Waals surface area contributed by atoms with E-state index in [-0.39, 0.29) is 0 Å². The van der Waals surface area contributed by atoms with E-state index in [9.17, 15) is 0 Å². The molecule has 2 aliphatic heterocycles. The van der Waals surface area contributed by atoms with Crippen molar-refractivity contribution < 1.29 is 4.74 Å². The Morgan fingerprint density at radius 3 is 3.35 bits per heavy atom. The maximum absolute atomic E-state index is 5.97. The van der Waals surface area contributed by atoms with Crippen LogP contribution in [0.5, 0.6) is 0 Å². The number of hydrogen-bond donors (Lipinski definition) is 1. The van der Waals surface area contributed by atoms with Gasteiger partial charge in [0.1, 0.15) is 0 Å². The van der Waals surface area contributed by atoms with Gasteiger partial charge >= 0.3 is 0 Å². The van der Waals surface area contributed by atoms with Crippen molar-refractivity contribution in [2.24, 2.45) is 0 Å². The summed E-state index contributed by atoms with van der Waals surface area (Å²) in [5, 5.41) is 3.44. The molecule has 3 rings (SSSR count). The lowest BCUT2D eigenvalue weighted by Crippen LogP contribution is -2.47. The average Bonchev–Trinajstić information content (AvgIpc) is 2.80. The van der Waals surface area contributed by atoms with Gasteiger partial charge < -0.3 is 10.1 Å². The number of fused-ring (bicyclic) bond motifs is 1. The predicted molar refractivity (Wildman–Crippen MR) is 65.7 cm³/mol. The Kier molecular flexibility index (Phi) is 3.36. The fraction of sp³-hybridized carbons (Fsp3) is 0.615. The zero-order valence-electron chi connectivity index (χ0n) is 10.0. The fourth-order valence-corrected chi connectivity index (χ4v) is 2.73. The van der Waals surface area contributed by atoms with Gasteiger partial charge in [-0.1, -0.05) is 6.07 Å². The highest BCUT2D eigenvalue weighted by Crippen LogP contribution is 2.22. The molecule has 0 radical (unpaired) electrons. The van der Waals surface area contributed by atoms with E-state index in [0.29, 0.717) is 18.8 Å². The topological polar surface area (TPSA) is 37.4 Å². The summed E-state index contributed by atoms with van der Waals surface area (Å²) in [6.07, 6.45) is 5.22. The Morgan fingerprint density at radius 2 is 2.53 bits per heavy atom. The average molecular weight is 233 g/mol. The van der Waals surface area contributed by atoms with E-state index in [1.807, 2.05) is 12.3 Å². The Balaban J connectivity index is 1.50. The van der Waals surface area contributed by atoms with Crippen LogP contribution in [0.2, 0.25) is 0 Å². The van der Waals surface area contributed by atoms with E-state index in [4.69, 9.17) is 4.74 Å². The molecule has 3 heterocycles. The minimum absolute atomic E-state index is 0.389. The van der Waals surface area contributed by atoms with Gasteiger partial charge in [-0.05, 0) is 18.1 Å². The van der Waals surface area contributed by atoms with E-state index in [2.05, 4.69) is 21.3 Å². The smallest absolute Gasteiger partial charge is 0.0736 e. The normalized spacial score (nSPS) is 29.2. The van der Waals surface area contributed by atoms with Crippen molar-refractivity contribution in [2.75, 3.05) is 26.2 Å². The van der Waals surface area contributed by atoms with E-state index in [0.717, 1.165) is 38.2 Å². The second-order valence-electron chi connectivity index (χ2n) is 4.88. The Labute approximate surface area is 102 Å². The summed E-state index contributed by atoms with van der Waals surface area (Å²) < 4.78 is 5.97. The molecule has 0 spiro atoms. The molecular formula is C13H19N3O. The number of piperazine rings is 1. The van der Waals surface area contributed by atoms with Gasteiger partial charge in [0.25, 0.3) is 0 Å². The maximum atomic E-state index is 5.97. The molecule has 0 bridgehead atoms. The summed E-state index contributed by atoms with van der Waals surface area (Å²) in [7, 11) is 0. The van der Waals surface area contributed by atoms with Crippen LogP contribution in [0.3, 0.4) is 0 Å². The monoisotopic (exact) mass is 233 g/mol. The van der Waals surface area contributed by atoms with Gasteiger partial charge in [-0.3, -0.25) is 9.88 Å². The summed E-state index contributed by atoms with van der Waals surface area (Å²) >= 11 is 0. The Bertz CT molecular complexity index is 343. The molecule has 2 atom stereocenters. The van der Waals surface area contributed by atoms with Crippen LogP contribution in [0, 0.1) is 0 Å². The molecule has 2 aliphatic rings. The summed E-state index contributed by atoms with van der Waals surface area (Å²) in [6, 6.07) is 4.71. The first-order valence-corrected chi connectivity index (χ1v) is 6.37. The molecule has 0 aromatic carbocycles. The summed E-state index contributed by atoms with van der Waals surface area (Å²) in [4.78, 5) is 6.65.